The van der Waals surface area contributed by atoms with Gasteiger partial charge in [-0.05, 0) is 43.1 Å². The quantitative estimate of drug-likeness (QED) is 0.442. The molecule has 172 valence electrons. The summed E-state index contributed by atoms with van der Waals surface area (Å²) in [5, 5.41) is 2.85. The number of benzene rings is 2. The van der Waals surface area contributed by atoms with Crippen molar-refractivity contribution >= 4 is 40.6 Å². The first kappa shape index (κ1) is 23.7. The van der Waals surface area contributed by atoms with Crippen molar-refractivity contribution in [3.63, 3.8) is 0 Å². The number of nitrogens with two attached hydrogens (primary N) is 2. The Balaban J connectivity index is 1.97. The van der Waals surface area contributed by atoms with Crippen molar-refractivity contribution in [1.29, 1.82) is 0 Å². The zero-order valence-electron chi connectivity index (χ0n) is 18.3. The van der Waals surface area contributed by atoms with Gasteiger partial charge in [0.1, 0.15) is 16.7 Å². The van der Waals surface area contributed by atoms with Crippen molar-refractivity contribution in [3.05, 3.63) is 70.7 Å². The van der Waals surface area contributed by atoms with Gasteiger partial charge in [0.25, 0.3) is 11.8 Å². The molecule has 5 N–H and O–H groups in total. The predicted molar refractivity (Wildman–Crippen MR) is 127 cm³/mol. The Hall–Kier alpha value is -3.92. The van der Waals surface area contributed by atoms with E-state index in [-0.39, 0.29) is 22.2 Å². The Morgan fingerprint density at radius 3 is 2.42 bits per heavy atom. The first-order valence-corrected chi connectivity index (χ1v) is 11.0. The molecule has 0 saturated heterocycles. The van der Waals surface area contributed by atoms with E-state index in [1.807, 2.05) is 37.3 Å². The number of para-hydroxylation sites is 2. The summed E-state index contributed by atoms with van der Waals surface area (Å²) in [5.41, 5.74) is 12.3. The summed E-state index contributed by atoms with van der Waals surface area (Å²) in [6.45, 7) is 4.09. The minimum Gasteiger partial charge on any atom is -0.492 e. The maximum absolute atomic E-state index is 13.6. The highest BCUT2D eigenvalue weighted by molar-refractivity contribution is 7.09. The maximum atomic E-state index is 13.6. The summed E-state index contributed by atoms with van der Waals surface area (Å²) in [7, 11) is 0. The van der Waals surface area contributed by atoms with Crippen LogP contribution in [0.15, 0.2) is 54.6 Å². The van der Waals surface area contributed by atoms with Crippen LogP contribution in [0.25, 0.3) is 0 Å². The number of amides is 3. The minimum atomic E-state index is -0.929. The predicted octanol–water partition coefficient (Wildman–Crippen LogP) is 2.57. The molecule has 10 heteroatoms. The number of hydrogen-bond donors (Lipinski definition) is 3. The number of aromatic nitrogens is 1. The Bertz CT molecular complexity index is 1150. The molecule has 0 saturated carbocycles. The second-order valence-electron chi connectivity index (χ2n) is 7.09. The van der Waals surface area contributed by atoms with E-state index in [9.17, 15) is 14.4 Å². The van der Waals surface area contributed by atoms with E-state index < -0.39 is 17.9 Å². The third-order valence-electron chi connectivity index (χ3n) is 4.88. The van der Waals surface area contributed by atoms with E-state index in [1.165, 1.54) is 4.90 Å². The van der Waals surface area contributed by atoms with Gasteiger partial charge in [0.15, 0.2) is 5.69 Å². The van der Waals surface area contributed by atoms with Gasteiger partial charge in [-0.15, -0.1) is 0 Å². The molecule has 0 bridgehead atoms. The molecule has 3 amide bonds. The van der Waals surface area contributed by atoms with E-state index in [2.05, 4.69) is 9.69 Å². The SMILES string of the molecule is CCOc1ccccc1N(C(=O)c1snc(C(N)=O)c1N)[C@H](C)C(=O)NCc1ccccc1. The summed E-state index contributed by atoms with van der Waals surface area (Å²) < 4.78 is 9.61. The lowest BCUT2D eigenvalue weighted by molar-refractivity contribution is -0.122. The van der Waals surface area contributed by atoms with Crippen LogP contribution in [-0.4, -0.2) is 34.7 Å². The fourth-order valence-electron chi connectivity index (χ4n) is 3.22. The number of hydrogen-bond acceptors (Lipinski definition) is 7. The Morgan fingerprint density at radius 1 is 1.12 bits per heavy atom. The van der Waals surface area contributed by atoms with E-state index in [0.717, 1.165) is 17.1 Å². The number of ether oxygens (including phenoxy) is 1. The molecule has 0 aliphatic rings. The van der Waals surface area contributed by atoms with Crippen LogP contribution in [0.5, 0.6) is 5.75 Å². The van der Waals surface area contributed by atoms with E-state index in [4.69, 9.17) is 16.2 Å². The van der Waals surface area contributed by atoms with Crippen molar-refractivity contribution in [2.75, 3.05) is 17.2 Å². The number of nitrogen functional groups attached to an aromatic ring is 1. The van der Waals surface area contributed by atoms with Crippen LogP contribution >= 0.6 is 11.5 Å². The topological polar surface area (TPSA) is 141 Å². The van der Waals surface area contributed by atoms with Crippen LogP contribution in [0.3, 0.4) is 0 Å². The summed E-state index contributed by atoms with van der Waals surface area (Å²) in [5.74, 6) is -1.38. The van der Waals surface area contributed by atoms with E-state index in [1.54, 1.807) is 31.2 Å². The van der Waals surface area contributed by atoms with Crippen LogP contribution in [0, 0.1) is 0 Å². The van der Waals surface area contributed by atoms with Gasteiger partial charge in [-0.1, -0.05) is 42.5 Å². The highest BCUT2D eigenvalue weighted by atomic mass is 32.1. The first-order valence-electron chi connectivity index (χ1n) is 10.3. The zero-order valence-corrected chi connectivity index (χ0v) is 19.1. The number of nitrogens with zero attached hydrogens (tertiary/aromatic N) is 2. The van der Waals surface area contributed by atoms with Crippen LogP contribution in [0.2, 0.25) is 0 Å². The molecule has 1 atom stereocenters. The van der Waals surface area contributed by atoms with Gasteiger partial charge in [-0.3, -0.25) is 19.3 Å². The van der Waals surface area contributed by atoms with Crippen molar-refractivity contribution < 1.29 is 19.1 Å². The largest absolute Gasteiger partial charge is 0.492 e. The summed E-state index contributed by atoms with van der Waals surface area (Å²) in [4.78, 5) is 39.6. The monoisotopic (exact) mass is 467 g/mol. The lowest BCUT2D eigenvalue weighted by atomic mass is 10.1. The molecule has 3 rings (SSSR count). The fraction of sp³-hybridized carbons (Fsp3) is 0.217. The molecule has 0 aliphatic carbocycles. The van der Waals surface area contributed by atoms with Crippen molar-refractivity contribution in [2.24, 2.45) is 5.73 Å². The van der Waals surface area contributed by atoms with Gasteiger partial charge in [0, 0.05) is 6.54 Å². The van der Waals surface area contributed by atoms with Gasteiger partial charge in [0.05, 0.1) is 18.0 Å². The average molecular weight is 468 g/mol. The molecular formula is C23H25N5O4S. The van der Waals surface area contributed by atoms with Crippen LogP contribution in [0.1, 0.15) is 39.6 Å². The summed E-state index contributed by atoms with van der Waals surface area (Å²) >= 11 is 0.755. The third kappa shape index (κ3) is 5.29. The molecule has 1 heterocycles. The number of carbonyl (C=O) groups excluding carboxylic acids is 3. The highest BCUT2D eigenvalue weighted by Gasteiger charge is 2.33. The van der Waals surface area contributed by atoms with Crippen LogP contribution < -0.4 is 26.4 Å². The standard InChI is InChI=1S/C23H25N5O4S/c1-3-32-17-12-8-7-11-16(17)28(23(31)20-18(24)19(21(25)29)27-33-20)14(2)22(30)26-13-15-9-5-4-6-10-15/h4-12,14H,3,13,24H2,1-2H3,(H2,25,29)(H,26,30)/t14-/m1/s1. The number of nitrogens with one attached hydrogen (secondary N) is 1. The average Bonchev–Trinajstić information content (AvgIpc) is 3.21. The van der Waals surface area contributed by atoms with E-state index in [0.29, 0.717) is 24.6 Å². The second kappa shape index (κ2) is 10.6. The summed E-state index contributed by atoms with van der Waals surface area (Å²) in [6.07, 6.45) is 0. The Kier molecular flexibility index (Phi) is 7.62. The third-order valence-corrected chi connectivity index (χ3v) is 5.73. The molecule has 0 unspecified atom stereocenters. The molecule has 0 aliphatic heterocycles. The molecule has 0 fully saturated rings. The molecule has 33 heavy (non-hydrogen) atoms. The second-order valence-corrected chi connectivity index (χ2v) is 7.87. The van der Waals surface area contributed by atoms with Crippen molar-refractivity contribution in [1.82, 2.24) is 9.69 Å². The fourth-order valence-corrected chi connectivity index (χ4v) is 3.96. The molecule has 2 aromatic carbocycles. The maximum Gasteiger partial charge on any atom is 0.272 e. The number of anilines is 2. The van der Waals surface area contributed by atoms with Gasteiger partial charge < -0.3 is 21.5 Å². The van der Waals surface area contributed by atoms with Crippen LogP contribution in [-0.2, 0) is 11.3 Å². The zero-order chi connectivity index (χ0) is 24.0. The molecule has 3 aromatic rings. The first-order chi connectivity index (χ1) is 15.8. The lowest BCUT2D eigenvalue weighted by Crippen LogP contribution is -2.48. The summed E-state index contributed by atoms with van der Waals surface area (Å²) in [6, 6.07) is 15.4. The highest BCUT2D eigenvalue weighted by Crippen LogP contribution is 2.33. The minimum absolute atomic E-state index is 0.0119. The normalized spacial score (nSPS) is 11.5. The number of carbonyl (C=O) groups is 3. The number of primary amides is 1. The molecule has 1 aromatic heterocycles. The van der Waals surface area contributed by atoms with Gasteiger partial charge in [-0.25, -0.2) is 0 Å². The Labute approximate surface area is 195 Å². The van der Waals surface area contributed by atoms with Gasteiger partial charge in [-0.2, -0.15) is 4.37 Å². The van der Waals surface area contributed by atoms with Gasteiger partial charge in [0.2, 0.25) is 5.91 Å². The Morgan fingerprint density at radius 2 is 1.79 bits per heavy atom. The van der Waals surface area contributed by atoms with E-state index >= 15 is 0 Å². The number of rotatable bonds is 9. The molecule has 0 radical (unpaired) electrons. The molecular weight excluding hydrogens is 442 g/mol. The van der Waals surface area contributed by atoms with Crippen molar-refractivity contribution in [3.8, 4) is 5.75 Å². The van der Waals surface area contributed by atoms with Gasteiger partial charge >= 0.3 is 0 Å². The smallest absolute Gasteiger partial charge is 0.272 e. The molecule has 0 spiro atoms. The van der Waals surface area contributed by atoms with Crippen LogP contribution in [0.4, 0.5) is 11.4 Å². The lowest BCUT2D eigenvalue weighted by Gasteiger charge is -2.29. The molecule has 9 nitrogen and oxygen atoms in total. The van der Waals surface area contributed by atoms with Crippen molar-refractivity contribution in [2.45, 2.75) is 26.4 Å².